The molecular weight excluding hydrogens is 224 g/mol. The van der Waals surface area contributed by atoms with Gasteiger partial charge in [-0.15, -0.1) is 11.3 Å². The third kappa shape index (κ3) is 2.13. The molecule has 16 heavy (non-hydrogen) atoms. The maximum atomic E-state index is 11.0. The van der Waals surface area contributed by atoms with Gasteiger partial charge >= 0.3 is 5.97 Å². The zero-order valence-electron chi connectivity index (χ0n) is 9.11. The predicted octanol–water partition coefficient (Wildman–Crippen LogP) is 2.99. The van der Waals surface area contributed by atoms with Crippen LogP contribution in [0.25, 0.3) is 0 Å². The lowest BCUT2D eigenvalue weighted by Crippen LogP contribution is -2.25. The smallest absolute Gasteiger partial charge is 0.336 e. The van der Waals surface area contributed by atoms with Crippen LogP contribution >= 0.6 is 11.3 Å². The molecule has 0 bridgehead atoms. The number of carboxylic acids is 1. The second kappa shape index (κ2) is 4.55. The van der Waals surface area contributed by atoms with Crippen molar-refractivity contribution in [3.63, 3.8) is 0 Å². The van der Waals surface area contributed by atoms with E-state index in [9.17, 15) is 9.90 Å². The van der Waals surface area contributed by atoms with Gasteiger partial charge < -0.3 is 10.2 Å². The molecule has 1 aliphatic rings. The Morgan fingerprint density at radius 1 is 1.25 bits per heavy atom. The zero-order chi connectivity index (χ0) is 11.6. The predicted molar refractivity (Wildman–Crippen MR) is 62.9 cm³/mol. The standard InChI is InChI=1S/C12H16O3S/c13-11(14)9-5-8-16-10(9)12(15)6-3-1-2-4-7-12/h5,8,15H,1-4,6-7H2,(H,13,14). The van der Waals surface area contributed by atoms with Crippen molar-refractivity contribution in [1.82, 2.24) is 0 Å². The third-order valence-corrected chi connectivity index (χ3v) is 4.36. The summed E-state index contributed by atoms with van der Waals surface area (Å²) in [6.45, 7) is 0. The van der Waals surface area contributed by atoms with E-state index in [0.717, 1.165) is 25.7 Å². The normalized spacial score (nSPS) is 20.3. The van der Waals surface area contributed by atoms with Gasteiger partial charge in [0.1, 0.15) is 0 Å². The molecule has 1 aliphatic carbocycles. The van der Waals surface area contributed by atoms with Crippen molar-refractivity contribution in [3.8, 4) is 0 Å². The van der Waals surface area contributed by atoms with Crippen LogP contribution in [0.15, 0.2) is 11.4 Å². The monoisotopic (exact) mass is 240 g/mol. The number of carbonyl (C=O) groups is 1. The van der Waals surface area contributed by atoms with Crippen molar-refractivity contribution in [2.75, 3.05) is 0 Å². The number of carboxylic acid groups (broad SMARTS) is 1. The summed E-state index contributed by atoms with van der Waals surface area (Å²) in [6.07, 6.45) is 5.61. The van der Waals surface area contributed by atoms with E-state index in [1.165, 1.54) is 11.3 Å². The molecule has 1 fully saturated rings. The van der Waals surface area contributed by atoms with Gasteiger partial charge in [0.25, 0.3) is 0 Å². The minimum atomic E-state index is -0.936. The molecule has 0 atom stereocenters. The Labute approximate surface area is 98.7 Å². The SMILES string of the molecule is O=C(O)c1ccsc1C1(O)CCCCCC1. The average molecular weight is 240 g/mol. The number of rotatable bonds is 2. The molecule has 4 heteroatoms. The molecule has 0 aromatic carbocycles. The second-order valence-electron chi connectivity index (χ2n) is 4.41. The summed E-state index contributed by atoms with van der Waals surface area (Å²) in [5, 5.41) is 21.4. The molecule has 2 rings (SSSR count). The summed E-state index contributed by atoms with van der Waals surface area (Å²) in [6, 6.07) is 1.59. The summed E-state index contributed by atoms with van der Waals surface area (Å²) in [4.78, 5) is 11.7. The highest BCUT2D eigenvalue weighted by Crippen LogP contribution is 2.40. The number of aromatic carboxylic acids is 1. The van der Waals surface area contributed by atoms with Crippen LogP contribution < -0.4 is 0 Å². The van der Waals surface area contributed by atoms with Gasteiger partial charge in [0.15, 0.2) is 0 Å². The van der Waals surface area contributed by atoms with Crippen LogP contribution in [0.5, 0.6) is 0 Å². The van der Waals surface area contributed by atoms with Crippen molar-refractivity contribution in [3.05, 3.63) is 21.9 Å². The van der Waals surface area contributed by atoms with Crippen LogP contribution in [0.1, 0.15) is 53.8 Å². The summed E-state index contributed by atoms with van der Waals surface area (Å²) < 4.78 is 0. The molecule has 2 N–H and O–H groups in total. The summed E-state index contributed by atoms with van der Waals surface area (Å²) in [5.41, 5.74) is -0.632. The Hall–Kier alpha value is -0.870. The van der Waals surface area contributed by atoms with Crippen LogP contribution in [-0.4, -0.2) is 16.2 Å². The van der Waals surface area contributed by atoms with E-state index in [4.69, 9.17) is 5.11 Å². The van der Waals surface area contributed by atoms with Gasteiger partial charge in [-0.3, -0.25) is 0 Å². The quantitative estimate of drug-likeness (QED) is 0.781. The van der Waals surface area contributed by atoms with Crippen LogP contribution in [0.4, 0.5) is 0 Å². The molecule has 88 valence electrons. The van der Waals surface area contributed by atoms with Gasteiger partial charge in [0.2, 0.25) is 0 Å². The maximum absolute atomic E-state index is 11.0. The minimum absolute atomic E-state index is 0.273. The lowest BCUT2D eigenvalue weighted by Gasteiger charge is -2.26. The van der Waals surface area contributed by atoms with Crippen LogP contribution in [0.3, 0.4) is 0 Å². The average Bonchev–Trinajstić information content (AvgIpc) is 2.64. The van der Waals surface area contributed by atoms with Crippen molar-refractivity contribution in [2.24, 2.45) is 0 Å². The Bertz CT molecular complexity index is 375. The fraction of sp³-hybridized carbons (Fsp3) is 0.583. The van der Waals surface area contributed by atoms with E-state index in [2.05, 4.69) is 0 Å². The first-order valence-electron chi connectivity index (χ1n) is 5.67. The molecule has 0 radical (unpaired) electrons. The van der Waals surface area contributed by atoms with Crippen molar-refractivity contribution >= 4 is 17.3 Å². The maximum Gasteiger partial charge on any atom is 0.336 e. The first-order valence-corrected chi connectivity index (χ1v) is 6.55. The summed E-state index contributed by atoms with van der Waals surface area (Å²) in [5.74, 6) is -0.936. The molecule has 0 amide bonds. The molecule has 1 heterocycles. The highest BCUT2D eigenvalue weighted by atomic mass is 32.1. The second-order valence-corrected chi connectivity index (χ2v) is 5.33. The van der Waals surface area contributed by atoms with Gasteiger partial charge in [-0.25, -0.2) is 4.79 Å². The fourth-order valence-corrected chi connectivity index (χ4v) is 3.42. The van der Waals surface area contributed by atoms with E-state index in [0.29, 0.717) is 17.7 Å². The molecular formula is C12H16O3S. The first kappa shape index (κ1) is 11.6. The molecule has 0 spiro atoms. The summed E-state index contributed by atoms with van der Waals surface area (Å²) in [7, 11) is 0. The zero-order valence-corrected chi connectivity index (χ0v) is 9.92. The number of hydrogen-bond acceptors (Lipinski definition) is 3. The van der Waals surface area contributed by atoms with Gasteiger partial charge in [-0.05, 0) is 24.3 Å². The van der Waals surface area contributed by atoms with Crippen molar-refractivity contribution in [2.45, 2.75) is 44.1 Å². The minimum Gasteiger partial charge on any atom is -0.478 e. The molecule has 0 saturated heterocycles. The fourth-order valence-electron chi connectivity index (χ4n) is 2.38. The number of thiophene rings is 1. The van der Waals surface area contributed by atoms with E-state index < -0.39 is 11.6 Å². The Morgan fingerprint density at radius 3 is 2.44 bits per heavy atom. The van der Waals surface area contributed by atoms with E-state index in [1.807, 2.05) is 0 Å². The molecule has 1 aromatic heterocycles. The van der Waals surface area contributed by atoms with E-state index in [-0.39, 0.29) is 5.56 Å². The van der Waals surface area contributed by atoms with E-state index in [1.54, 1.807) is 11.4 Å². The van der Waals surface area contributed by atoms with Gasteiger partial charge in [-0.1, -0.05) is 25.7 Å². The largest absolute Gasteiger partial charge is 0.478 e. The van der Waals surface area contributed by atoms with Gasteiger partial charge in [0.05, 0.1) is 16.0 Å². The topological polar surface area (TPSA) is 57.5 Å². The highest BCUT2D eigenvalue weighted by molar-refractivity contribution is 7.10. The lowest BCUT2D eigenvalue weighted by molar-refractivity contribution is 0.0224. The van der Waals surface area contributed by atoms with E-state index >= 15 is 0 Å². The van der Waals surface area contributed by atoms with Crippen LogP contribution in [-0.2, 0) is 5.60 Å². The van der Waals surface area contributed by atoms with Crippen LogP contribution in [0, 0.1) is 0 Å². The molecule has 1 saturated carbocycles. The Morgan fingerprint density at radius 2 is 1.88 bits per heavy atom. The van der Waals surface area contributed by atoms with Crippen molar-refractivity contribution < 1.29 is 15.0 Å². The summed E-state index contributed by atoms with van der Waals surface area (Å²) >= 11 is 1.36. The third-order valence-electron chi connectivity index (χ3n) is 3.25. The lowest BCUT2D eigenvalue weighted by atomic mass is 9.90. The van der Waals surface area contributed by atoms with Gasteiger partial charge in [0, 0.05) is 0 Å². The van der Waals surface area contributed by atoms with Gasteiger partial charge in [-0.2, -0.15) is 0 Å². The first-order chi connectivity index (χ1) is 7.63. The molecule has 0 aliphatic heterocycles. The molecule has 3 nitrogen and oxygen atoms in total. The van der Waals surface area contributed by atoms with Crippen LogP contribution in [0.2, 0.25) is 0 Å². The molecule has 1 aromatic rings. The highest BCUT2D eigenvalue weighted by Gasteiger charge is 2.34. The Kier molecular flexibility index (Phi) is 3.30. The molecule has 0 unspecified atom stereocenters. The van der Waals surface area contributed by atoms with Crippen molar-refractivity contribution in [1.29, 1.82) is 0 Å². The Balaban J connectivity index is 2.33. The number of hydrogen-bond donors (Lipinski definition) is 2. The number of aliphatic hydroxyl groups is 1.